The molecule has 1 unspecified atom stereocenters. The summed E-state index contributed by atoms with van der Waals surface area (Å²) in [6.07, 6.45) is 0.837. The van der Waals surface area contributed by atoms with Gasteiger partial charge in [-0.2, -0.15) is 0 Å². The van der Waals surface area contributed by atoms with Crippen LogP contribution in [0.4, 0.5) is 5.69 Å². The Morgan fingerprint density at radius 3 is 3.00 bits per heavy atom. The molecule has 1 fully saturated rings. The average molecular weight is 248 g/mol. The van der Waals surface area contributed by atoms with Crippen LogP contribution in [0.25, 0.3) is 0 Å². The second kappa shape index (κ2) is 5.64. The molecule has 2 N–H and O–H groups in total. The summed E-state index contributed by atoms with van der Waals surface area (Å²) in [4.78, 5) is 23.1. The molecule has 0 aromatic heterocycles. The summed E-state index contributed by atoms with van der Waals surface area (Å²) in [6.45, 7) is 2.26. The van der Waals surface area contributed by atoms with Gasteiger partial charge in [0, 0.05) is 5.69 Å². The molecule has 2 rings (SSSR count). The van der Waals surface area contributed by atoms with E-state index in [1.807, 2.05) is 31.2 Å². The number of carbonyl (C=O) groups is 2. The Balaban J connectivity index is 2.04. The van der Waals surface area contributed by atoms with Crippen molar-refractivity contribution in [3.05, 3.63) is 29.8 Å². The summed E-state index contributed by atoms with van der Waals surface area (Å²) in [7, 11) is 0. The van der Waals surface area contributed by atoms with Crippen LogP contribution in [0.5, 0.6) is 0 Å². The van der Waals surface area contributed by atoms with E-state index in [4.69, 9.17) is 4.74 Å². The van der Waals surface area contributed by atoms with Gasteiger partial charge in [-0.3, -0.25) is 9.59 Å². The maximum atomic E-state index is 12.0. The molecule has 18 heavy (non-hydrogen) atoms. The van der Waals surface area contributed by atoms with Crippen LogP contribution in [0.1, 0.15) is 12.5 Å². The second-order valence-electron chi connectivity index (χ2n) is 4.14. The highest BCUT2D eigenvalue weighted by molar-refractivity contribution is 5.98. The molecule has 0 bridgehead atoms. The largest absolute Gasteiger partial charge is 0.369 e. The minimum atomic E-state index is -0.615. The first-order chi connectivity index (χ1) is 8.70. The summed E-state index contributed by atoms with van der Waals surface area (Å²) in [5.74, 6) is -0.505. The number of morpholine rings is 1. The van der Waals surface area contributed by atoms with E-state index in [1.165, 1.54) is 0 Å². The van der Waals surface area contributed by atoms with Crippen molar-refractivity contribution in [1.29, 1.82) is 0 Å². The second-order valence-corrected chi connectivity index (χ2v) is 4.14. The number of nitrogens with one attached hydrogen (secondary N) is 2. The van der Waals surface area contributed by atoms with Crippen LogP contribution >= 0.6 is 0 Å². The Morgan fingerprint density at radius 2 is 2.28 bits per heavy atom. The highest BCUT2D eigenvalue weighted by Gasteiger charge is 2.25. The molecule has 0 spiro atoms. The van der Waals surface area contributed by atoms with Gasteiger partial charge in [0.15, 0.2) is 0 Å². The Labute approximate surface area is 106 Å². The summed E-state index contributed by atoms with van der Waals surface area (Å²) in [5, 5.41) is 5.42. The fourth-order valence-corrected chi connectivity index (χ4v) is 1.86. The quantitative estimate of drug-likeness (QED) is 0.827. The number of aryl methyl sites for hydroxylation is 1. The van der Waals surface area contributed by atoms with Crippen LogP contribution in [-0.4, -0.2) is 31.1 Å². The van der Waals surface area contributed by atoms with Gasteiger partial charge in [0.2, 0.25) is 11.8 Å². The first-order valence-corrected chi connectivity index (χ1v) is 5.96. The van der Waals surface area contributed by atoms with Crippen LogP contribution in [0.15, 0.2) is 24.3 Å². The van der Waals surface area contributed by atoms with Crippen molar-refractivity contribution in [2.24, 2.45) is 0 Å². The van der Waals surface area contributed by atoms with Crippen LogP contribution < -0.4 is 10.6 Å². The molecule has 2 amide bonds. The van der Waals surface area contributed by atoms with Crippen LogP contribution in [0.2, 0.25) is 0 Å². The third-order valence-electron chi connectivity index (χ3n) is 2.83. The molecule has 1 aliphatic rings. The number of ether oxygens (including phenoxy) is 1. The SMILES string of the molecule is CCc1ccccc1NC(=O)C1COCC(=O)N1. The summed E-state index contributed by atoms with van der Waals surface area (Å²) in [6, 6.07) is 6.99. The number of carbonyl (C=O) groups excluding carboxylic acids is 2. The summed E-state index contributed by atoms with van der Waals surface area (Å²) in [5.41, 5.74) is 1.85. The minimum absolute atomic E-state index is 0.0231. The Morgan fingerprint density at radius 1 is 1.50 bits per heavy atom. The highest BCUT2D eigenvalue weighted by Crippen LogP contribution is 2.15. The fourth-order valence-electron chi connectivity index (χ4n) is 1.86. The van der Waals surface area contributed by atoms with E-state index in [9.17, 15) is 9.59 Å². The van der Waals surface area contributed by atoms with Gasteiger partial charge in [-0.15, -0.1) is 0 Å². The van der Waals surface area contributed by atoms with Gasteiger partial charge in [0.05, 0.1) is 6.61 Å². The smallest absolute Gasteiger partial charge is 0.249 e. The number of benzene rings is 1. The minimum Gasteiger partial charge on any atom is -0.369 e. The van der Waals surface area contributed by atoms with E-state index in [0.29, 0.717) is 0 Å². The van der Waals surface area contributed by atoms with Crippen LogP contribution in [0.3, 0.4) is 0 Å². The predicted molar refractivity (Wildman–Crippen MR) is 67.2 cm³/mol. The summed E-state index contributed by atoms with van der Waals surface area (Å²) < 4.78 is 5.04. The van der Waals surface area contributed by atoms with Crippen molar-refractivity contribution in [2.75, 3.05) is 18.5 Å². The molecule has 1 aromatic carbocycles. The number of hydrogen-bond acceptors (Lipinski definition) is 3. The normalized spacial score (nSPS) is 19.2. The lowest BCUT2D eigenvalue weighted by molar-refractivity contribution is -0.136. The average Bonchev–Trinajstić information content (AvgIpc) is 2.39. The molecule has 96 valence electrons. The van der Waals surface area contributed by atoms with E-state index >= 15 is 0 Å². The Kier molecular flexibility index (Phi) is 3.94. The molecule has 0 radical (unpaired) electrons. The topological polar surface area (TPSA) is 67.4 Å². The number of hydrogen-bond donors (Lipinski definition) is 2. The lowest BCUT2D eigenvalue weighted by Crippen LogP contribution is -2.52. The van der Waals surface area contributed by atoms with Crippen LogP contribution in [0, 0.1) is 0 Å². The monoisotopic (exact) mass is 248 g/mol. The zero-order valence-corrected chi connectivity index (χ0v) is 10.2. The van der Waals surface area contributed by atoms with Gasteiger partial charge in [0.25, 0.3) is 0 Å². The third-order valence-corrected chi connectivity index (χ3v) is 2.83. The molecule has 1 aromatic rings. The zero-order chi connectivity index (χ0) is 13.0. The molecular formula is C13H16N2O3. The van der Waals surface area contributed by atoms with Crippen molar-refractivity contribution in [1.82, 2.24) is 5.32 Å². The number of anilines is 1. The first kappa shape index (κ1) is 12.6. The van der Waals surface area contributed by atoms with E-state index in [1.54, 1.807) is 0 Å². The third kappa shape index (κ3) is 2.87. The highest BCUT2D eigenvalue weighted by atomic mass is 16.5. The maximum Gasteiger partial charge on any atom is 0.249 e. The first-order valence-electron chi connectivity index (χ1n) is 5.96. The molecule has 1 saturated heterocycles. The van der Waals surface area contributed by atoms with Gasteiger partial charge in [-0.05, 0) is 18.1 Å². The van der Waals surface area contributed by atoms with E-state index in [-0.39, 0.29) is 25.0 Å². The fraction of sp³-hybridized carbons (Fsp3) is 0.385. The van der Waals surface area contributed by atoms with Crippen molar-refractivity contribution in [3.8, 4) is 0 Å². The molecule has 1 atom stereocenters. The Bertz CT molecular complexity index is 459. The van der Waals surface area contributed by atoms with Gasteiger partial charge < -0.3 is 15.4 Å². The Hall–Kier alpha value is -1.88. The molecule has 0 aliphatic carbocycles. The van der Waals surface area contributed by atoms with Gasteiger partial charge in [-0.1, -0.05) is 25.1 Å². The van der Waals surface area contributed by atoms with Crippen molar-refractivity contribution < 1.29 is 14.3 Å². The summed E-state index contributed by atoms with van der Waals surface area (Å²) >= 11 is 0. The predicted octanol–water partition coefficient (Wildman–Crippen LogP) is 0.702. The lowest BCUT2D eigenvalue weighted by Gasteiger charge is -2.23. The number of rotatable bonds is 3. The van der Waals surface area contributed by atoms with Crippen LogP contribution in [-0.2, 0) is 20.7 Å². The van der Waals surface area contributed by atoms with E-state index < -0.39 is 6.04 Å². The van der Waals surface area contributed by atoms with Crippen molar-refractivity contribution >= 4 is 17.5 Å². The maximum absolute atomic E-state index is 12.0. The lowest BCUT2D eigenvalue weighted by atomic mass is 10.1. The van der Waals surface area contributed by atoms with Gasteiger partial charge in [0.1, 0.15) is 12.6 Å². The molecule has 0 saturated carbocycles. The standard InChI is InChI=1S/C13H16N2O3/c1-2-9-5-3-4-6-10(9)15-13(17)11-7-18-8-12(16)14-11/h3-6,11H,2,7-8H2,1H3,(H,14,16)(H,15,17). The zero-order valence-electron chi connectivity index (χ0n) is 10.2. The van der Waals surface area contributed by atoms with E-state index in [2.05, 4.69) is 10.6 Å². The molecular weight excluding hydrogens is 232 g/mol. The van der Waals surface area contributed by atoms with E-state index in [0.717, 1.165) is 17.7 Å². The molecule has 1 aliphatic heterocycles. The molecule has 5 nitrogen and oxygen atoms in total. The van der Waals surface area contributed by atoms with Gasteiger partial charge in [-0.25, -0.2) is 0 Å². The van der Waals surface area contributed by atoms with Crippen molar-refractivity contribution in [3.63, 3.8) is 0 Å². The molecule has 1 heterocycles. The van der Waals surface area contributed by atoms with Crippen molar-refractivity contribution in [2.45, 2.75) is 19.4 Å². The molecule has 5 heteroatoms. The number of para-hydroxylation sites is 1. The number of amides is 2. The van der Waals surface area contributed by atoms with Gasteiger partial charge >= 0.3 is 0 Å².